The van der Waals surface area contributed by atoms with Gasteiger partial charge in [-0.1, -0.05) is 18.2 Å². The molecule has 26 heavy (non-hydrogen) atoms. The summed E-state index contributed by atoms with van der Waals surface area (Å²) in [5.41, 5.74) is 8.62. The third-order valence-electron chi connectivity index (χ3n) is 3.79. The van der Waals surface area contributed by atoms with Gasteiger partial charge in [0.2, 0.25) is 5.89 Å². The zero-order valence-corrected chi connectivity index (χ0v) is 14.0. The smallest absolute Gasteiger partial charge is 0.257 e. The van der Waals surface area contributed by atoms with Crippen LogP contribution in [0.1, 0.15) is 0 Å². The van der Waals surface area contributed by atoms with E-state index in [1.807, 2.05) is 42.5 Å². The summed E-state index contributed by atoms with van der Waals surface area (Å²) < 4.78 is 11.2. The predicted octanol–water partition coefficient (Wildman–Crippen LogP) is 3.45. The van der Waals surface area contributed by atoms with Crippen molar-refractivity contribution in [2.24, 2.45) is 0 Å². The Bertz CT molecular complexity index is 1030. The first-order valence-electron chi connectivity index (χ1n) is 7.90. The highest BCUT2D eigenvalue weighted by molar-refractivity contribution is 5.77. The van der Waals surface area contributed by atoms with Crippen molar-refractivity contribution in [2.75, 3.05) is 12.8 Å². The van der Waals surface area contributed by atoms with Crippen LogP contribution in [-0.4, -0.2) is 27.0 Å². The second-order valence-electron chi connectivity index (χ2n) is 5.45. The second kappa shape index (κ2) is 6.64. The topological polar surface area (TPSA) is 100.0 Å². The highest BCUT2D eigenvalue weighted by Gasteiger charge is 2.20. The van der Waals surface area contributed by atoms with Gasteiger partial charge in [-0.3, -0.25) is 4.98 Å². The number of pyridine rings is 1. The molecule has 1 aromatic carbocycles. The van der Waals surface area contributed by atoms with E-state index in [0.717, 1.165) is 11.1 Å². The highest BCUT2D eigenvalue weighted by atomic mass is 16.5. The molecule has 0 fully saturated rings. The van der Waals surface area contributed by atoms with Gasteiger partial charge in [0.05, 0.1) is 13.3 Å². The number of rotatable bonds is 4. The largest absolute Gasteiger partial charge is 0.478 e. The molecule has 3 heterocycles. The van der Waals surface area contributed by atoms with Crippen LogP contribution in [0, 0.1) is 0 Å². The molecule has 0 amide bonds. The number of nitrogen functional groups attached to an aromatic ring is 1. The van der Waals surface area contributed by atoms with E-state index in [1.165, 1.54) is 13.3 Å². The third kappa shape index (κ3) is 2.86. The fourth-order valence-electron chi connectivity index (χ4n) is 2.54. The molecule has 2 N–H and O–H groups in total. The van der Waals surface area contributed by atoms with Crippen LogP contribution >= 0.6 is 0 Å². The standard InChI is InChI=1S/C19H15N5O2/c1-25-19-17(20)22-11-14(23-19)16-15(12-7-9-21-10-8-12)24-18(26-16)13-5-3-2-4-6-13/h2-11H,1H3,(H2,20,22). The molecule has 3 aromatic heterocycles. The molecule has 128 valence electrons. The third-order valence-corrected chi connectivity index (χ3v) is 3.79. The van der Waals surface area contributed by atoms with Crippen molar-refractivity contribution in [1.29, 1.82) is 0 Å². The molecule has 0 atom stereocenters. The van der Waals surface area contributed by atoms with Gasteiger partial charge in [0.25, 0.3) is 5.88 Å². The summed E-state index contributed by atoms with van der Waals surface area (Å²) in [6.45, 7) is 0. The van der Waals surface area contributed by atoms with E-state index < -0.39 is 0 Å². The fraction of sp³-hybridized carbons (Fsp3) is 0.0526. The maximum atomic E-state index is 6.05. The van der Waals surface area contributed by atoms with Crippen LogP contribution in [0.25, 0.3) is 34.2 Å². The maximum Gasteiger partial charge on any atom is 0.257 e. The van der Waals surface area contributed by atoms with E-state index >= 15 is 0 Å². The number of nitrogens with zero attached hydrogens (tertiary/aromatic N) is 4. The number of nitrogens with two attached hydrogens (primary N) is 1. The number of hydrogen-bond acceptors (Lipinski definition) is 7. The van der Waals surface area contributed by atoms with Crippen molar-refractivity contribution < 1.29 is 9.15 Å². The Labute approximate surface area is 149 Å². The number of aromatic nitrogens is 4. The quantitative estimate of drug-likeness (QED) is 0.604. The average Bonchev–Trinajstić information content (AvgIpc) is 3.15. The van der Waals surface area contributed by atoms with E-state index in [1.54, 1.807) is 12.4 Å². The van der Waals surface area contributed by atoms with Crippen LogP contribution in [0.5, 0.6) is 5.88 Å². The molecule has 7 heteroatoms. The van der Waals surface area contributed by atoms with Gasteiger partial charge >= 0.3 is 0 Å². The van der Waals surface area contributed by atoms with Crippen molar-refractivity contribution in [3.8, 4) is 40.0 Å². The highest BCUT2D eigenvalue weighted by Crippen LogP contribution is 2.35. The Morgan fingerprint density at radius 2 is 1.73 bits per heavy atom. The van der Waals surface area contributed by atoms with Gasteiger partial charge in [0.15, 0.2) is 11.6 Å². The number of hydrogen-bond donors (Lipinski definition) is 1. The summed E-state index contributed by atoms with van der Waals surface area (Å²) in [6, 6.07) is 13.4. The molecule has 0 saturated heterocycles. The summed E-state index contributed by atoms with van der Waals surface area (Å²) in [7, 11) is 1.49. The first-order chi connectivity index (χ1) is 12.8. The molecule has 0 unspecified atom stereocenters. The van der Waals surface area contributed by atoms with E-state index in [2.05, 4.69) is 19.9 Å². The maximum absolute atomic E-state index is 6.05. The van der Waals surface area contributed by atoms with Gasteiger partial charge in [0.1, 0.15) is 11.4 Å². The zero-order chi connectivity index (χ0) is 17.9. The predicted molar refractivity (Wildman–Crippen MR) is 97.2 cm³/mol. The number of benzene rings is 1. The summed E-state index contributed by atoms with van der Waals surface area (Å²) in [5, 5.41) is 0. The van der Waals surface area contributed by atoms with Crippen molar-refractivity contribution in [3.05, 3.63) is 61.1 Å². The summed E-state index contributed by atoms with van der Waals surface area (Å²) in [6.07, 6.45) is 4.94. The van der Waals surface area contributed by atoms with Gasteiger partial charge in [-0.15, -0.1) is 0 Å². The zero-order valence-electron chi connectivity index (χ0n) is 14.0. The van der Waals surface area contributed by atoms with Gasteiger partial charge in [0, 0.05) is 23.5 Å². The Balaban J connectivity index is 1.91. The number of ether oxygens (including phenoxy) is 1. The minimum atomic E-state index is 0.213. The molecule has 0 saturated carbocycles. The van der Waals surface area contributed by atoms with Gasteiger partial charge < -0.3 is 14.9 Å². The van der Waals surface area contributed by atoms with E-state index in [4.69, 9.17) is 14.9 Å². The molecule has 0 spiro atoms. The molecule has 0 aliphatic heterocycles. The molecule has 0 aliphatic carbocycles. The molecule has 4 aromatic rings. The average molecular weight is 345 g/mol. The van der Waals surface area contributed by atoms with Crippen molar-refractivity contribution in [2.45, 2.75) is 0 Å². The Kier molecular flexibility index (Phi) is 4.03. The first-order valence-corrected chi connectivity index (χ1v) is 7.90. The van der Waals surface area contributed by atoms with E-state index in [-0.39, 0.29) is 11.7 Å². The van der Waals surface area contributed by atoms with Crippen LogP contribution in [-0.2, 0) is 0 Å². The Morgan fingerprint density at radius 3 is 2.46 bits per heavy atom. The lowest BCUT2D eigenvalue weighted by Gasteiger charge is -2.05. The van der Waals surface area contributed by atoms with E-state index in [9.17, 15) is 0 Å². The molecular formula is C19H15N5O2. The van der Waals surface area contributed by atoms with E-state index in [0.29, 0.717) is 23.0 Å². The molecule has 0 aliphatic rings. The number of anilines is 1. The Hall–Kier alpha value is -3.74. The van der Waals surface area contributed by atoms with Crippen LogP contribution in [0.2, 0.25) is 0 Å². The molecular weight excluding hydrogens is 330 g/mol. The summed E-state index contributed by atoms with van der Waals surface area (Å²) in [4.78, 5) is 17.3. The van der Waals surface area contributed by atoms with Crippen LogP contribution in [0.3, 0.4) is 0 Å². The van der Waals surface area contributed by atoms with Crippen molar-refractivity contribution in [3.63, 3.8) is 0 Å². The minimum absolute atomic E-state index is 0.213. The summed E-state index contributed by atoms with van der Waals surface area (Å²) >= 11 is 0. The Morgan fingerprint density at radius 1 is 0.962 bits per heavy atom. The molecule has 0 radical (unpaired) electrons. The first kappa shape index (κ1) is 15.8. The molecule has 4 rings (SSSR count). The van der Waals surface area contributed by atoms with Gasteiger partial charge in [-0.2, -0.15) is 0 Å². The van der Waals surface area contributed by atoms with Crippen molar-refractivity contribution in [1.82, 2.24) is 19.9 Å². The van der Waals surface area contributed by atoms with Gasteiger partial charge in [-0.05, 0) is 24.3 Å². The van der Waals surface area contributed by atoms with Crippen LogP contribution in [0.15, 0.2) is 65.5 Å². The lowest BCUT2D eigenvalue weighted by atomic mass is 10.1. The minimum Gasteiger partial charge on any atom is -0.478 e. The lowest BCUT2D eigenvalue weighted by Crippen LogP contribution is -1.99. The van der Waals surface area contributed by atoms with Crippen LogP contribution < -0.4 is 10.5 Å². The number of oxazole rings is 1. The van der Waals surface area contributed by atoms with Crippen LogP contribution in [0.4, 0.5) is 5.82 Å². The fourth-order valence-corrected chi connectivity index (χ4v) is 2.54. The van der Waals surface area contributed by atoms with Crippen molar-refractivity contribution >= 4 is 5.82 Å². The molecule has 7 nitrogen and oxygen atoms in total. The molecule has 0 bridgehead atoms. The summed E-state index contributed by atoms with van der Waals surface area (Å²) in [5.74, 6) is 1.43. The lowest BCUT2D eigenvalue weighted by molar-refractivity contribution is 0.398. The normalized spacial score (nSPS) is 10.7. The SMILES string of the molecule is COc1nc(-c2oc(-c3ccccc3)nc2-c2ccncc2)cnc1N. The van der Waals surface area contributed by atoms with Gasteiger partial charge in [-0.25, -0.2) is 15.0 Å². The number of methoxy groups -OCH3 is 1. The monoisotopic (exact) mass is 345 g/mol. The second-order valence-corrected chi connectivity index (χ2v) is 5.45.